The molecule has 1 aromatic carbocycles. The van der Waals surface area contributed by atoms with Crippen LogP contribution in [0.25, 0.3) is 0 Å². The molecule has 0 saturated heterocycles. The van der Waals surface area contributed by atoms with Gasteiger partial charge in [0.1, 0.15) is 0 Å². The lowest BCUT2D eigenvalue weighted by Crippen LogP contribution is -2.39. The number of carbonyl (C=O) groups is 2. The summed E-state index contributed by atoms with van der Waals surface area (Å²) in [5.74, 6) is -0.421. The number of carbonyl (C=O) groups excluding carboxylic acids is 2. The topological polar surface area (TPSA) is 63.4 Å². The molecule has 0 bridgehead atoms. The summed E-state index contributed by atoms with van der Waals surface area (Å²) in [5.41, 5.74) is 6.47. The van der Waals surface area contributed by atoms with Gasteiger partial charge in [-0.05, 0) is 32.0 Å². The van der Waals surface area contributed by atoms with Gasteiger partial charge in [-0.3, -0.25) is 9.59 Å². The Balaban J connectivity index is 3.20. The average Bonchev–Trinajstić information content (AvgIpc) is 2.25. The zero-order valence-electron chi connectivity index (χ0n) is 9.81. The molecule has 0 aliphatic carbocycles. The van der Waals surface area contributed by atoms with E-state index in [-0.39, 0.29) is 12.6 Å². The third kappa shape index (κ3) is 3.56. The summed E-state index contributed by atoms with van der Waals surface area (Å²) in [6, 6.07) is 5.39. The average molecular weight is 299 g/mol. The minimum Gasteiger partial charge on any atom is -0.368 e. The molecule has 2 N–H and O–H groups in total. The predicted octanol–water partition coefficient (Wildman–Crippen LogP) is 1.96. The Labute approximate surface area is 109 Å². The highest BCUT2D eigenvalue weighted by molar-refractivity contribution is 9.10. The summed E-state index contributed by atoms with van der Waals surface area (Å²) in [6.07, 6.45) is 0.776. The lowest BCUT2D eigenvalue weighted by Gasteiger charge is -2.28. The van der Waals surface area contributed by atoms with E-state index in [1.54, 1.807) is 17.0 Å². The number of anilines is 1. The number of halogens is 1. The van der Waals surface area contributed by atoms with E-state index >= 15 is 0 Å². The van der Waals surface area contributed by atoms with Crippen LogP contribution in [-0.2, 0) is 4.79 Å². The summed E-state index contributed by atoms with van der Waals surface area (Å²) in [4.78, 5) is 23.8. The van der Waals surface area contributed by atoms with Crippen LogP contribution >= 0.6 is 15.9 Å². The van der Waals surface area contributed by atoms with E-state index in [2.05, 4.69) is 15.9 Å². The van der Waals surface area contributed by atoms with Crippen molar-refractivity contribution < 1.29 is 9.59 Å². The number of hydrogen-bond donors (Lipinski definition) is 1. The highest BCUT2D eigenvalue weighted by atomic mass is 79.9. The van der Waals surface area contributed by atoms with E-state index in [4.69, 9.17) is 5.73 Å². The Morgan fingerprint density at radius 2 is 2.18 bits per heavy atom. The standard InChI is InChI=1S/C12H15BrN2O2/c1-8(2)15(6-12(14)17)11-5-10(13)4-3-9(11)7-16/h3-5,7-8H,6H2,1-2H3,(H2,14,17). The highest BCUT2D eigenvalue weighted by Gasteiger charge is 2.16. The van der Waals surface area contributed by atoms with Crippen molar-refractivity contribution in [3.63, 3.8) is 0 Å². The van der Waals surface area contributed by atoms with Gasteiger partial charge in [0, 0.05) is 21.8 Å². The third-order valence-electron chi connectivity index (χ3n) is 2.38. The lowest BCUT2D eigenvalue weighted by molar-refractivity contribution is -0.116. The first kappa shape index (κ1) is 13.7. The van der Waals surface area contributed by atoms with Crippen LogP contribution in [0.5, 0.6) is 0 Å². The first-order valence-electron chi connectivity index (χ1n) is 5.25. The van der Waals surface area contributed by atoms with E-state index in [9.17, 15) is 9.59 Å². The van der Waals surface area contributed by atoms with E-state index < -0.39 is 5.91 Å². The molecule has 0 aromatic heterocycles. The second-order valence-electron chi connectivity index (χ2n) is 4.01. The monoisotopic (exact) mass is 298 g/mol. The molecule has 0 aliphatic heterocycles. The van der Waals surface area contributed by atoms with Crippen molar-refractivity contribution >= 4 is 33.8 Å². The molecule has 1 aromatic rings. The Hall–Kier alpha value is -1.36. The van der Waals surface area contributed by atoms with Crippen molar-refractivity contribution in [2.75, 3.05) is 11.4 Å². The first-order valence-corrected chi connectivity index (χ1v) is 6.04. The van der Waals surface area contributed by atoms with E-state index in [1.165, 1.54) is 0 Å². The van der Waals surface area contributed by atoms with Gasteiger partial charge in [0.15, 0.2) is 6.29 Å². The Morgan fingerprint density at radius 3 is 2.65 bits per heavy atom. The van der Waals surface area contributed by atoms with Gasteiger partial charge < -0.3 is 10.6 Å². The molecule has 92 valence electrons. The zero-order valence-corrected chi connectivity index (χ0v) is 11.4. The van der Waals surface area contributed by atoms with Gasteiger partial charge >= 0.3 is 0 Å². The maximum absolute atomic E-state index is 11.1. The third-order valence-corrected chi connectivity index (χ3v) is 2.87. The molecule has 0 unspecified atom stereocenters. The number of aldehydes is 1. The highest BCUT2D eigenvalue weighted by Crippen LogP contribution is 2.25. The van der Waals surface area contributed by atoms with Gasteiger partial charge in [0.05, 0.1) is 6.54 Å². The molecule has 1 amide bonds. The molecular formula is C12H15BrN2O2. The number of primary amides is 1. The quantitative estimate of drug-likeness (QED) is 0.845. The van der Waals surface area contributed by atoms with Gasteiger partial charge in [0.25, 0.3) is 0 Å². The van der Waals surface area contributed by atoms with Gasteiger partial charge in [-0.1, -0.05) is 15.9 Å². The fourth-order valence-electron chi connectivity index (χ4n) is 1.58. The van der Waals surface area contributed by atoms with Crippen LogP contribution in [0.4, 0.5) is 5.69 Å². The Morgan fingerprint density at radius 1 is 1.53 bits per heavy atom. The maximum Gasteiger partial charge on any atom is 0.236 e. The number of nitrogens with zero attached hydrogens (tertiary/aromatic N) is 1. The van der Waals surface area contributed by atoms with Crippen LogP contribution < -0.4 is 10.6 Å². The molecule has 0 radical (unpaired) electrons. The van der Waals surface area contributed by atoms with E-state index in [0.29, 0.717) is 11.3 Å². The molecule has 0 heterocycles. The number of nitrogens with two attached hydrogens (primary N) is 1. The summed E-state index contributed by atoms with van der Waals surface area (Å²) in [5, 5.41) is 0. The minimum absolute atomic E-state index is 0.0792. The first-order chi connectivity index (χ1) is 7.95. The van der Waals surface area contributed by atoms with Crippen molar-refractivity contribution in [2.45, 2.75) is 19.9 Å². The Bertz CT molecular complexity index is 433. The molecule has 17 heavy (non-hydrogen) atoms. The number of benzene rings is 1. The summed E-state index contributed by atoms with van der Waals surface area (Å²) >= 11 is 3.35. The van der Waals surface area contributed by atoms with Crippen molar-refractivity contribution in [2.24, 2.45) is 5.73 Å². The van der Waals surface area contributed by atoms with E-state index in [0.717, 1.165) is 10.8 Å². The second-order valence-corrected chi connectivity index (χ2v) is 4.92. The molecule has 4 nitrogen and oxygen atoms in total. The number of rotatable bonds is 5. The van der Waals surface area contributed by atoms with Crippen LogP contribution in [0.1, 0.15) is 24.2 Å². The largest absolute Gasteiger partial charge is 0.368 e. The predicted molar refractivity (Wildman–Crippen MR) is 71.2 cm³/mol. The SMILES string of the molecule is CC(C)N(CC(N)=O)c1cc(Br)ccc1C=O. The Kier molecular flexibility index (Phi) is 4.69. The molecule has 0 fully saturated rings. The second kappa shape index (κ2) is 5.82. The van der Waals surface area contributed by atoms with Gasteiger partial charge in [-0.2, -0.15) is 0 Å². The molecule has 5 heteroatoms. The number of hydrogen-bond acceptors (Lipinski definition) is 3. The summed E-state index contributed by atoms with van der Waals surface area (Å²) in [6.45, 7) is 3.98. The van der Waals surface area contributed by atoms with Crippen molar-refractivity contribution in [1.82, 2.24) is 0 Å². The van der Waals surface area contributed by atoms with Crippen molar-refractivity contribution in [3.05, 3.63) is 28.2 Å². The van der Waals surface area contributed by atoms with Gasteiger partial charge in [0.2, 0.25) is 5.91 Å². The molecule has 0 aliphatic rings. The fourth-order valence-corrected chi connectivity index (χ4v) is 1.93. The van der Waals surface area contributed by atoms with Crippen LogP contribution in [0, 0.1) is 0 Å². The fraction of sp³-hybridized carbons (Fsp3) is 0.333. The van der Waals surface area contributed by atoms with Gasteiger partial charge in [-0.15, -0.1) is 0 Å². The lowest BCUT2D eigenvalue weighted by atomic mass is 10.1. The summed E-state index contributed by atoms with van der Waals surface area (Å²) in [7, 11) is 0. The van der Waals surface area contributed by atoms with Crippen LogP contribution in [0.2, 0.25) is 0 Å². The number of amides is 1. The maximum atomic E-state index is 11.1. The molecule has 1 rings (SSSR count). The van der Waals surface area contributed by atoms with Crippen LogP contribution in [0.3, 0.4) is 0 Å². The minimum atomic E-state index is -0.421. The van der Waals surface area contributed by atoms with Crippen molar-refractivity contribution in [3.8, 4) is 0 Å². The summed E-state index contributed by atoms with van der Waals surface area (Å²) < 4.78 is 0.855. The normalized spacial score (nSPS) is 10.4. The van der Waals surface area contributed by atoms with E-state index in [1.807, 2.05) is 19.9 Å². The van der Waals surface area contributed by atoms with Crippen LogP contribution in [-0.4, -0.2) is 24.8 Å². The molecule has 0 spiro atoms. The zero-order chi connectivity index (χ0) is 13.0. The molecule has 0 atom stereocenters. The van der Waals surface area contributed by atoms with Crippen LogP contribution in [0.15, 0.2) is 22.7 Å². The smallest absolute Gasteiger partial charge is 0.236 e. The van der Waals surface area contributed by atoms with Crippen molar-refractivity contribution in [1.29, 1.82) is 0 Å². The van der Waals surface area contributed by atoms with Gasteiger partial charge in [-0.25, -0.2) is 0 Å². The molecule has 0 saturated carbocycles. The molecular weight excluding hydrogens is 284 g/mol.